The Kier molecular flexibility index (Phi) is 6.43. The number of para-hydroxylation sites is 1. The molecule has 1 atom stereocenters. The van der Waals surface area contributed by atoms with Gasteiger partial charge >= 0.3 is 0 Å². The monoisotopic (exact) mass is 471 g/mol. The highest BCUT2D eigenvalue weighted by molar-refractivity contribution is 7.85. The summed E-state index contributed by atoms with van der Waals surface area (Å²) in [6, 6.07) is 15.1. The third-order valence-electron chi connectivity index (χ3n) is 5.93. The van der Waals surface area contributed by atoms with E-state index in [1.165, 1.54) is 18.1 Å². The van der Waals surface area contributed by atoms with E-state index in [1.807, 2.05) is 30.3 Å². The summed E-state index contributed by atoms with van der Waals surface area (Å²) in [6.45, 7) is 1.000. The molecule has 1 saturated heterocycles. The van der Waals surface area contributed by atoms with E-state index in [2.05, 4.69) is 15.5 Å². The molecule has 0 unspecified atom stereocenters. The first-order chi connectivity index (χ1) is 15.8. The molecule has 11 heteroatoms. The lowest BCUT2D eigenvalue weighted by atomic mass is 9.77. The summed E-state index contributed by atoms with van der Waals surface area (Å²) in [6.07, 6.45) is 3.63. The second-order valence-corrected chi connectivity index (χ2v) is 9.66. The Balaban J connectivity index is 1.62. The zero-order valence-electron chi connectivity index (χ0n) is 18.4. The predicted octanol–water partition coefficient (Wildman–Crippen LogP) is 1.82. The van der Waals surface area contributed by atoms with Gasteiger partial charge in [0, 0.05) is 18.5 Å². The van der Waals surface area contributed by atoms with Gasteiger partial charge in [0.1, 0.15) is 12.0 Å². The summed E-state index contributed by atoms with van der Waals surface area (Å²) in [7, 11) is -2.05. The first-order valence-corrected chi connectivity index (χ1v) is 12.2. The fourth-order valence-electron chi connectivity index (χ4n) is 4.34. The van der Waals surface area contributed by atoms with E-state index < -0.39 is 15.5 Å². The van der Waals surface area contributed by atoms with Gasteiger partial charge in [0.2, 0.25) is 0 Å². The molecule has 1 aromatic heterocycles. The summed E-state index contributed by atoms with van der Waals surface area (Å²) >= 11 is 0. The number of methoxy groups -OCH3 is 1. The number of benzene rings is 2. The van der Waals surface area contributed by atoms with Gasteiger partial charge in [0.05, 0.1) is 25.5 Å². The number of carbonyl (C=O) groups is 1. The van der Waals surface area contributed by atoms with Crippen molar-refractivity contribution < 1.29 is 22.1 Å². The van der Waals surface area contributed by atoms with Gasteiger partial charge in [-0.05, 0) is 41.0 Å². The molecule has 0 aliphatic carbocycles. The van der Waals surface area contributed by atoms with Crippen LogP contribution in [0.4, 0.5) is 0 Å². The smallest absolute Gasteiger partial charge is 0.264 e. The molecular formula is C22H25N5O5S. The van der Waals surface area contributed by atoms with E-state index in [0.29, 0.717) is 42.9 Å². The lowest BCUT2D eigenvalue weighted by molar-refractivity contribution is 0.0776. The molecule has 0 saturated carbocycles. The molecule has 3 aromatic rings. The van der Waals surface area contributed by atoms with Gasteiger partial charge in [-0.1, -0.05) is 36.4 Å². The molecule has 0 bridgehead atoms. The van der Waals surface area contributed by atoms with Gasteiger partial charge < -0.3 is 9.64 Å². The van der Waals surface area contributed by atoms with Gasteiger partial charge in [-0.25, -0.2) is 0 Å². The Morgan fingerprint density at radius 1 is 1.15 bits per heavy atom. The van der Waals surface area contributed by atoms with Crippen molar-refractivity contribution in [2.45, 2.75) is 18.3 Å². The molecular weight excluding hydrogens is 446 g/mol. The summed E-state index contributed by atoms with van der Waals surface area (Å²) < 4.78 is 35.0. The van der Waals surface area contributed by atoms with Crippen LogP contribution >= 0.6 is 0 Å². The highest BCUT2D eigenvalue weighted by Gasteiger charge is 2.42. The number of hydrogen-bond acceptors (Lipinski definition) is 8. The van der Waals surface area contributed by atoms with Crippen molar-refractivity contribution in [3.8, 4) is 11.4 Å². The summed E-state index contributed by atoms with van der Waals surface area (Å²) in [4.78, 5) is 15.3. The molecule has 174 valence electrons. The number of hydrogen-bond donors (Lipinski definition) is 0. The van der Waals surface area contributed by atoms with Crippen molar-refractivity contribution in [2.75, 3.05) is 33.1 Å². The van der Waals surface area contributed by atoms with Crippen molar-refractivity contribution in [1.29, 1.82) is 0 Å². The fourth-order valence-corrected chi connectivity index (χ4v) is 4.73. The van der Waals surface area contributed by atoms with Crippen molar-refractivity contribution in [1.82, 2.24) is 25.1 Å². The van der Waals surface area contributed by atoms with Crippen molar-refractivity contribution >= 4 is 16.0 Å². The van der Waals surface area contributed by atoms with E-state index in [9.17, 15) is 13.2 Å². The Hall–Kier alpha value is -3.31. The quantitative estimate of drug-likeness (QED) is 0.457. The van der Waals surface area contributed by atoms with Gasteiger partial charge in [-0.3, -0.25) is 8.98 Å². The topological polar surface area (TPSA) is 117 Å². The summed E-state index contributed by atoms with van der Waals surface area (Å²) in [5, 5.41) is 11.2. The van der Waals surface area contributed by atoms with Crippen LogP contribution in [-0.4, -0.2) is 72.5 Å². The van der Waals surface area contributed by atoms with Crippen LogP contribution in [0.15, 0.2) is 54.9 Å². The highest BCUT2D eigenvalue weighted by atomic mass is 32.2. The first kappa shape index (κ1) is 22.9. The number of amides is 1. The van der Waals surface area contributed by atoms with Gasteiger partial charge in [0.15, 0.2) is 5.75 Å². The van der Waals surface area contributed by atoms with Crippen LogP contribution in [0.5, 0.6) is 5.75 Å². The van der Waals surface area contributed by atoms with Crippen molar-refractivity contribution in [3.05, 3.63) is 66.0 Å². The fraction of sp³-hybridized carbons (Fsp3) is 0.364. The lowest BCUT2D eigenvalue weighted by Crippen LogP contribution is -2.35. The Bertz CT molecular complexity index is 1220. The number of aromatic nitrogens is 4. The molecule has 1 fully saturated rings. The van der Waals surface area contributed by atoms with E-state index >= 15 is 0 Å². The number of tetrazole rings is 1. The number of ether oxygens (including phenoxy) is 1. The molecule has 0 radical (unpaired) electrons. The second kappa shape index (κ2) is 9.28. The molecule has 1 aliphatic heterocycles. The Labute approximate surface area is 192 Å². The van der Waals surface area contributed by atoms with Crippen molar-refractivity contribution in [3.63, 3.8) is 0 Å². The molecule has 2 aromatic carbocycles. The molecule has 2 heterocycles. The van der Waals surface area contributed by atoms with E-state index in [1.54, 1.807) is 23.1 Å². The number of rotatable bonds is 8. The molecule has 10 nitrogen and oxygen atoms in total. The summed E-state index contributed by atoms with van der Waals surface area (Å²) in [5.41, 5.74) is 1.60. The van der Waals surface area contributed by atoms with Crippen LogP contribution in [-0.2, 0) is 19.7 Å². The van der Waals surface area contributed by atoms with Crippen LogP contribution in [0.25, 0.3) is 5.69 Å². The maximum absolute atomic E-state index is 13.6. The van der Waals surface area contributed by atoms with E-state index in [-0.39, 0.29) is 12.5 Å². The highest BCUT2D eigenvalue weighted by Crippen LogP contribution is 2.39. The van der Waals surface area contributed by atoms with E-state index in [4.69, 9.17) is 8.92 Å². The minimum Gasteiger partial charge on any atom is -0.494 e. The van der Waals surface area contributed by atoms with Gasteiger partial charge in [-0.15, -0.1) is 5.10 Å². The maximum atomic E-state index is 13.6. The van der Waals surface area contributed by atoms with Crippen LogP contribution in [0.3, 0.4) is 0 Å². The molecule has 0 spiro atoms. The normalized spacial score (nSPS) is 18.4. The summed E-state index contributed by atoms with van der Waals surface area (Å²) in [5.74, 6) is 0.205. The minimum absolute atomic E-state index is 0.0495. The third-order valence-corrected chi connectivity index (χ3v) is 6.52. The molecule has 1 aliphatic rings. The number of likely N-dealkylation sites (tertiary alicyclic amines) is 1. The SMILES string of the molecule is COc1c(C(=O)N2CC[C@](CCOS(C)(=O)=O)(c3ccccc3)C2)cccc1-n1cnnn1. The Morgan fingerprint density at radius 3 is 2.61 bits per heavy atom. The van der Waals surface area contributed by atoms with Crippen LogP contribution in [0.1, 0.15) is 28.8 Å². The molecule has 1 amide bonds. The maximum Gasteiger partial charge on any atom is 0.264 e. The van der Waals surface area contributed by atoms with Crippen LogP contribution < -0.4 is 4.74 Å². The Morgan fingerprint density at radius 2 is 1.94 bits per heavy atom. The minimum atomic E-state index is -3.55. The molecule has 0 N–H and O–H groups in total. The average Bonchev–Trinajstić information content (AvgIpc) is 3.49. The standard InChI is InChI=1S/C22H25N5O5S/c1-31-20-18(9-6-10-19(20)27-16-23-24-25-27)21(28)26-13-11-22(15-26,12-14-32-33(2,29)30)17-7-4-3-5-8-17/h3-10,16H,11-15H2,1-2H3/t22-/m1/s1. The van der Waals surface area contributed by atoms with Gasteiger partial charge in [0.25, 0.3) is 16.0 Å². The second-order valence-electron chi connectivity index (χ2n) is 8.01. The number of carbonyl (C=O) groups excluding carboxylic acids is 1. The van der Waals surface area contributed by atoms with Crippen LogP contribution in [0.2, 0.25) is 0 Å². The molecule has 4 rings (SSSR count). The zero-order valence-corrected chi connectivity index (χ0v) is 19.2. The third kappa shape index (κ3) is 4.88. The molecule has 33 heavy (non-hydrogen) atoms. The average molecular weight is 472 g/mol. The first-order valence-electron chi connectivity index (χ1n) is 10.4. The lowest BCUT2D eigenvalue weighted by Gasteiger charge is -2.30. The van der Waals surface area contributed by atoms with Crippen molar-refractivity contribution in [2.24, 2.45) is 0 Å². The van der Waals surface area contributed by atoms with Gasteiger partial charge in [-0.2, -0.15) is 13.1 Å². The van der Waals surface area contributed by atoms with E-state index in [0.717, 1.165) is 11.8 Å². The largest absolute Gasteiger partial charge is 0.494 e. The zero-order chi connectivity index (χ0) is 23.5. The predicted molar refractivity (Wildman–Crippen MR) is 120 cm³/mol. The van der Waals surface area contributed by atoms with Crippen LogP contribution in [0, 0.1) is 0 Å². The number of nitrogens with zero attached hydrogens (tertiary/aromatic N) is 5.